The first kappa shape index (κ1) is 13.4. The standard InChI is InChI=1S/C18H12N2S2/c1-3-7-13(8-4-1)15-11-19-17(21-15)18-20-12-16(22-18)14-9-5-2-6-10-14/h1-12H. The van der Waals surface area contributed by atoms with E-state index in [4.69, 9.17) is 0 Å². The Bertz CT molecular complexity index is 804. The van der Waals surface area contributed by atoms with Crippen LogP contribution in [0.2, 0.25) is 0 Å². The fraction of sp³-hybridized carbons (Fsp3) is 0. The largest absolute Gasteiger partial charge is 0.241 e. The zero-order valence-corrected chi connectivity index (χ0v) is 13.3. The van der Waals surface area contributed by atoms with Gasteiger partial charge in [0.1, 0.15) is 0 Å². The van der Waals surface area contributed by atoms with Crippen molar-refractivity contribution < 1.29 is 0 Å². The minimum Gasteiger partial charge on any atom is -0.241 e. The summed E-state index contributed by atoms with van der Waals surface area (Å²) in [5.41, 5.74) is 2.40. The quantitative estimate of drug-likeness (QED) is 0.491. The summed E-state index contributed by atoms with van der Waals surface area (Å²) in [6.07, 6.45) is 3.86. The molecule has 4 heteroatoms. The van der Waals surface area contributed by atoms with Crippen molar-refractivity contribution in [3.8, 4) is 30.9 Å². The fourth-order valence-electron chi connectivity index (χ4n) is 2.22. The van der Waals surface area contributed by atoms with Crippen LogP contribution in [0.25, 0.3) is 30.9 Å². The second-order valence-corrected chi connectivity index (χ2v) is 6.85. The summed E-state index contributed by atoms with van der Waals surface area (Å²) in [5.74, 6) is 0. The van der Waals surface area contributed by atoms with Gasteiger partial charge in [0, 0.05) is 12.4 Å². The SMILES string of the molecule is c1ccc(-c2cnc(-c3ncc(-c4ccccc4)s3)s2)cc1. The second-order valence-electron chi connectivity index (χ2n) is 4.79. The van der Waals surface area contributed by atoms with E-state index >= 15 is 0 Å². The van der Waals surface area contributed by atoms with Gasteiger partial charge in [0.2, 0.25) is 0 Å². The molecule has 106 valence electrons. The average Bonchev–Trinajstić information content (AvgIpc) is 3.26. The Hall–Kier alpha value is -2.30. The van der Waals surface area contributed by atoms with Gasteiger partial charge in [0.25, 0.3) is 0 Å². The lowest BCUT2D eigenvalue weighted by molar-refractivity contribution is 1.35. The van der Waals surface area contributed by atoms with Crippen LogP contribution in [0.15, 0.2) is 73.1 Å². The minimum atomic E-state index is 0.978. The van der Waals surface area contributed by atoms with Gasteiger partial charge in [-0.1, -0.05) is 60.7 Å². The van der Waals surface area contributed by atoms with Crippen LogP contribution < -0.4 is 0 Å². The molecule has 0 saturated heterocycles. The molecule has 22 heavy (non-hydrogen) atoms. The molecule has 0 aliphatic heterocycles. The number of thiazole rings is 2. The molecule has 0 atom stereocenters. The molecule has 0 radical (unpaired) electrons. The van der Waals surface area contributed by atoms with E-state index in [1.807, 2.05) is 48.8 Å². The summed E-state index contributed by atoms with van der Waals surface area (Å²) in [4.78, 5) is 11.4. The summed E-state index contributed by atoms with van der Waals surface area (Å²) in [6.45, 7) is 0. The van der Waals surface area contributed by atoms with Gasteiger partial charge in [-0.2, -0.15) is 0 Å². The van der Waals surface area contributed by atoms with Gasteiger partial charge in [-0.15, -0.1) is 22.7 Å². The zero-order chi connectivity index (χ0) is 14.8. The van der Waals surface area contributed by atoms with E-state index in [0.717, 1.165) is 10.0 Å². The number of benzene rings is 2. The molecule has 0 amide bonds. The highest BCUT2D eigenvalue weighted by Gasteiger charge is 2.11. The molecule has 2 heterocycles. The Balaban J connectivity index is 1.66. The molecule has 0 saturated carbocycles. The molecule has 0 aliphatic carbocycles. The van der Waals surface area contributed by atoms with Crippen LogP contribution in [-0.2, 0) is 0 Å². The highest BCUT2D eigenvalue weighted by atomic mass is 32.1. The van der Waals surface area contributed by atoms with Crippen molar-refractivity contribution in [2.45, 2.75) is 0 Å². The Morgan fingerprint density at radius 3 is 1.36 bits per heavy atom. The third-order valence-corrected chi connectivity index (χ3v) is 5.55. The van der Waals surface area contributed by atoms with E-state index in [1.165, 1.54) is 20.9 Å². The van der Waals surface area contributed by atoms with Crippen molar-refractivity contribution in [3.05, 3.63) is 73.1 Å². The summed E-state index contributed by atoms with van der Waals surface area (Å²) in [5, 5.41) is 1.96. The lowest BCUT2D eigenvalue weighted by Gasteiger charge is -1.94. The molecular weight excluding hydrogens is 308 g/mol. The molecule has 2 aromatic carbocycles. The molecule has 0 fully saturated rings. The Morgan fingerprint density at radius 1 is 0.545 bits per heavy atom. The van der Waals surface area contributed by atoms with Gasteiger partial charge < -0.3 is 0 Å². The molecule has 0 bridgehead atoms. The monoisotopic (exact) mass is 320 g/mol. The normalized spacial score (nSPS) is 10.7. The average molecular weight is 320 g/mol. The number of hydrogen-bond acceptors (Lipinski definition) is 4. The zero-order valence-electron chi connectivity index (χ0n) is 11.6. The van der Waals surface area contributed by atoms with Gasteiger partial charge in [-0.25, -0.2) is 9.97 Å². The van der Waals surface area contributed by atoms with E-state index in [-0.39, 0.29) is 0 Å². The Labute approximate surface area is 136 Å². The van der Waals surface area contributed by atoms with E-state index in [1.54, 1.807) is 22.7 Å². The highest BCUT2D eigenvalue weighted by Crippen LogP contribution is 2.36. The van der Waals surface area contributed by atoms with Crippen LogP contribution in [0, 0.1) is 0 Å². The lowest BCUT2D eigenvalue weighted by Crippen LogP contribution is -1.68. The third kappa shape index (κ3) is 2.58. The maximum Gasteiger partial charge on any atom is 0.152 e. The summed E-state index contributed by atoms with van der Waals surface area (Å²) in [7, 11) is 0. The van der Waals surface area contributed by atoms with Gasteiger partial charge in [-0.05, 0) is 11.1 Å². The van der Waals surface area contributed by atoms with Crippen molar-refractivity contribution >= 4 is 22.7 Å². The number of aromatic nitrogens is 2. The first-order valence-electron chi connectivity index (χ1n) is 6.93. The van der Waals surface area contributed by atoms with Crippen molar-refractivity contribution in [3.63, 3.8) is 0 Å². The van der Waals surface area contributed by atoms with Crippen LogP contribution in [0.3, 0.4) is 0 Å². The van der Waals surface area contributed by atoms with Crippen LogP contribution in [-0.4, -0.2) is 9.97 Å². The summed E-state index contributed by atoms with van der Waals surface area (Å²) < 4.78 is 0. The first-order valence-corrected chi connectivity index (χ1v) is 8.56. The van der Waals surface area contributed by atoms with Gasteiger partial charge in [0.15, 0.2) is 10.0 Å². The van der Waals surface area contributed by atoms with Crippen molar-refractivity contribution in [1.29, 1.82) is 0 Å². The van der Waals surface area contributed by atoms with Crippen molar-refractivity contribution in [1.82, 2.24) is 9.97 Å². The maximum absolute atomic E-state index is 4.54. The van der Waals surface area contributed by atoms with Gasteiger partial charge in [-0.3, -0.25) is 0 Å². The highest BCUT2D eigenvalue weighted by molar-refractivity contribution is 7.24. The predicted octanol–water partition coefficient (Wildman–Crippen LogP) is 5.60. The maximum atomic E-state index is 4.54. The van der Waals surface area contributed by atoms with Crippen LogP contribution in [0.5, 0.6) is 0 Å². The lowest BCUT2D eigenvalue weighted by atomic mass is 10.2. The molecule has 2 nitrogen and oxygen atoms in total. The molecule has 0 aliphatic rings. The van der Waals surface area contributed by atoms with Crippen molar-refractivity contribution in [2.75, 3.05) is 0 Å². The van der Waals surface area contributed by atoms with Gasteiger partial charge in [0.05, 0.1) is 9.75 Å². The minimum absolute atomic E-state index is 0.978. The van der Waals surface area contributed by atoms with Crippen LogP contribution in [0.4, 0.5) is 0 Å². The molecule has 4 rings (SSSR count). The van der Waals surface area contributed by atoms with Gasteiger partial charge >= 0.3 is 0 Å². The fourth-order valence-corrected chi connectivity index (χ4v) is 4.09. The smallest absolute Gasteiger partial charge is 0.152 e. The Kier molecular flexibility index (Phi) is 3.54. The van der Waals surface area contributed by atoms with E-state index in [9.17, 15) is 0 Å². The Morgan fingerprint density at radius 2 is 0.955 bits per heavy atom. The molecule has 0 unspecified atom stereocenters. The topological polar surface area (TPSA) is 25.8 Å². The third-order valence-electron chi connectivity index (χ3n) is 3.31. The summed E-state index contributed by atoms with van der Waals surface area (Å²) in [6, 6.07) is 20.7. The van der Waals surface area contributed by atoms with E-state index in [0.29, 0.717) is 0 Å². The molecule has 4 aromatic rings. The summed E-state index contributed by atoms with van der Waals surface area (Å²) >= 11 is 3.37. The van der Waals surface area contributed by atoms with Crippen LogP contribution in [0.1, 0.15) is 0 Å². The predicted molar refractivity (Wildman–Crippen MR) is 94.1 cm³/mol. The molecule has 0 N–H and O–H groups in total. The van der Waals surface area contributed by atoms with E-state index < -0.39 is 0 Å². The number of hydrogen-bond donors (Lipinski definition) is 0. The number of nitrogens with zero attached hydrogens (tertiary/aromatic N) is 2. The molecule has 2 aromatic heterocycles. The van der Waals surface area contributed by atoms with Crippen LogP contribution >= 0.6 is 22.7 Å². The molecular formula is C18H12N2S2. The molecule has 0 spiro atoms. The number of rotatable bonds is 3. The van der Waals surface area contributed by atoms with E-state index in [2.05, 4.69) is 34.2 Å². The first-order chi connectivity index (χ1) is 10.9. The second kappa shape index (κ2) is 5.83. The van der Waals surface area contributed by atoms with Crippen molar-refractivity contribution in [2.24, 2.45) is 0 Å².